The van der Waals surface area contributed by atoms with Gasteiger partial charge in [-0.3, -0.25) is 0 Å². The van der Waals surface area contributed by atoms with Crippen LogP contribution in [0, 0.1) is 23.3 Å². The lowest BCUT2D eigenvalue weighted by atomic mass is 9.96. The van der Waals surface area contributed by atoms with Gasteiger partial charge in [0.05, 0.1) is 16.7 Å². The molecule has 3 aromatic carbocycles. The van der Waals surface area contributed by atoms with Gasteiger partial charge in [-0.25, -0.2) is 22.4 Å². The van der Waals surface area contributed by atoms with E-state index in [0.717, 1.165) is 16.9 Å². The fourth-order valence-electron chi connectivity index (χ4n) is 3.17. The minimum atomic E-state index is -1.64. The molecule has 4 aromatic rings. The van der Waals surface area contributed by atoms with E-state index in [1.54, 1.807) is 6.07 Å². The molecule has 0 aliphatic heterocycles. The maximum atomic E-state index is 14.8. The minimum Gasteiger partial charge on any atom is -0.478 e. The molecule has 9 heteroatoms. The maximum Gasteiger partial charge on any atom is 0.338 e. The molecule has 0 amide bonds. The van der Waals surface area contributed by atoms with E-state index in [9.17, 15) is 27.5 Å². The smallest absolute Gasteiger partial charge is 0.338 e. The van der Waals surface area contributed by atoms with Crippen molar-refractivity contribution >= 4 is 17.0 Å². The average molecular weight is 401 g/mol. The summed E-state index contributed by atoms with van der Waals surface area (Å²) >= 11 is 0. The Balaban J connectivity index is 2.03. The molecule has 5 nitrogen and oxygen atoms in total. The summed E-state index contributed by atoms with van der Waals surface area (Å²) in [7, 11) is 1.43. The molecule has 0 bridgehead atoms. The lowest BCUT2D eigenvalue weighted by Crippen LogP contribution is -2.05. The van der Waals surface area contributed by atoms with E-state index >= 15 is 0 Å². The molecule has 29 heavy (non-hydrogen) atoms. The third-order valence-electron chi connectivity index (χ3n) is 4.43. The van der Waals surface area contributed by atoms with Crippen molar-refractivity contribution in [3.05, 3.63) is 71.3 Å². The first-order valence-corrected chi connectivity index (χ1v) is 8.29. The molecule has 4 rings (SSSR count). The number of benzene rings is 3. The Bertz CT molecular complexity index is 1260. The van der Waals surface area contributed by atoms with E-state index in [1.165, 1.54) is 31.3 Å². The number of aryl methyl sites for hydroxylation is 1. The Morgan fingerprint density at radius 3 is 1.97 bits per heavy atom. The van der Waals surface area contributed by atoms with Crippen LogP contribution in [0.5, 0.6) is 0 Å². The summed E-state index contributed by atoms with van der Waals surface area (Å²) < 4.78 is 59.1. The molecular formula is C20H11F4N3O2. The summed E-state index contributed by atoms with van der Waals surface area (Å²) in [6.45, 7) is 0. The third-order valence-corrected chi connectivity index (χ3v) is 4.43. The highest BCUT2D eigenvalue weighted by molar-refractivity contribution is 6.02. The Morgan fingerprint density at radius 1 is 0.862 bits per heavy atom. The molecule has 0 saturated heterocycles. The van der Waals surface area contributed by atoms with Crippen molar-refractivity contribution in [1.82, 2.24) is 15.0 Å². The lowest BCUT2D eigenvalue weighted by Gasteiger charge is -2.13. The highest BCUT2D eigenvalue weighted by atomic mass is 19.2. The number of fused-ring (bicyclic) bond motifs is 1. The molecule has 146 valence electrons. The van der Waals surface area contributed by atoms with Gasteiger partial charge in [-0.2, -0.15) is 15.0 Å². The summed E-state index contributed by atoms with van der Waals surface area (Å²) in [4.78, 5) is 12.6. The van der Waals surface area contributed by atoms with Gasteiger partial charge in [-0.1, -0.05) is 30.3 Å². The van der Waals surface area contributed by atoms with Crippen molar-refractivity contribution < 1.29 is 27.5 Å². The molecule has 0 saturated carbocycles. The van der Waals surface area contributed by atoms with Crippen LogP contribution in [0.4, 0.5) is 17.6 Å². The average Bonchev–Trinajstić information content (AvgIpc) is 3.07. The zero-order chi connectivity index (χ0) is 20.9. The molecule has 0 radical (unpaired) electrons. The van der Waals surface area contributed by atoms with Crippen molar-refractivity contribution in [2.45, 2.75) is 0 Å². The molecule has 0 unspecified atom stereocenters. The Hall–Kier alpha value is -3.75. The van der Waals surface area contributed by atoms with Crippen molar-refractivity contribution in [3.8, 4) is 22.3 Å². The van der Waals surface area contributed by atoms with Crippen LogP contribution in [0.25, 0.3) is 33.3 Å². The van der Waals surface area contributed by atoms with Crippen LogP contribution in [0.3, 0.4) is 0 Å². The summed E-state index contributed by atoms with van der Waals surface area (Å²) in [6, 6.07) is 9.18. The molecule has 0 spiro atoms. The van der Waals surface area contributed by atoms with Gasteiger partial charge in [-0.15, -0.1) is 0 Å². The monoisotopic (exact) mass is 401 g/mol. The topological polar surface area (TPSA) is 68.0 Å². The quantitative estimate of drug-likeness (QED) is 0.404. The maximum absolute atomic E-state index is 14.8. The Morgan fingerprint density at radius 2 is 1.41 bits per heavy atom. The highest BCUT2D eigenvalue weighted by Crippen LogP contribution is 2.38. The van der Waals surface area contributed by atoms with Crippen LogP contribution >= 0.6 is 0 Å². The highest BCUT2D eigenvalue weighted by Gasteiger charge is 2.28. The van der Waals surface area contributed by atoms with Crippen LogP contribution in [-0.2, 0) is 7.05 Å². The Kier molecular flexibility index (Phi) is 4.30. The molecule has 1 aromatic heterocycles. The summed E-state index contributed by atoms with van der Waals surface area (Å²) in [5, 5.41) is 17.2. The lowest BCUT2D eigenvalue weighted by molar-refractivity contribution is 0.0699. The van der Waals surface area contributed by atoms with Crippen LogP contribution in [0.1, 0.15) is 10.4 Å². The van der Waals surface area contributed by atoms with Crippen LogP contribution in [0.15, 0.2) is 42.5 Å². The van der Waals surface area contributed by atoms with Crippen molar-refractivity contribution in [2.24, 2.45) is 7.05 Å². The number of carboxylic acid groups (broad SMARTS) is 1. The second-order valence-corrected chi connectivity index (χ2v) is 6.26. The summed E-state index contributed by atoms with van der Waals surface area (Å²) in [6.07, 6.45) is 0. The van der Waals surface area contributed by atoms with Gasteiger partial charge in [-0.05, 0) is 23.3 Å². The van der Waals surface area contributed by atoms with E-state index in [2.05, 4.69) is 10.2 Å². The van der Waals surface area contributed by atoms with Crippen LogP contribution in [0.2, 0.25) is 0 Å². The fraction of sp³-hybridized carbons (Fsp3) is 0.0500. The number of halogens is 4. The summed E-state index contributed by atoms with van der Waals surface area (Å²) in [5.41, 5.74) is -2.69. The number of carbonyl (C=O) groups is 1. The molecule has 1 heterocycles. The largest absolute Gasteiger partial charge is 0.478 e. The number of aromatic nitrogens is 3. The van der Waals surface area contributed by atoms with Crippen molar-refractivity contribution in [3.63, 3.8) is 0 Å². The van der Waals surface area contributed by atoms with Gasteiger partial charge in [0.15, 0.2) is 23.3 Å². The van der Waals surface area contributed by atoms with Gasteiger partial charge in [0.1, 0.15) is 11.0 Å². The van der Waals surface area contributed by atoms with Gasteiger partial charge < -0.3 is 5.11 Å². The zero-order valence-corrected chi connectivity index (χ0v) is 14.8. The van der Waals surface area contributed by atoms with E-state index in [-0.39, 0.29) is 22.2 Å². The first kappa shape index (κ1) is 18.6. The number of hydrogen-bond donors (Lipinski definition) is 1. The molecule has 0 fully saturated rings. The molecule has 1 N–H and O–H groups in total. The van der Waals surface area contributed by atoms with E-state index < -0.39 is 45.9 Å². The van der Waals surface area contributed by atoms with Gasteiger partial charge in [0.25, 0.3) is 0 Å². The van der Waals surface area contributed by atoms with E-state index in [1.807, 2.05) is 0 Å². The fourth-order valence-corrected chi connectivity index (χ4v) is 3.17. The molecule has 0 atom stereocenters. The first-order chi connectivity index (χ1) is 13.8. The van der Waals surface area contributed by atoms with Crippen LogP contribution in [-0.4, -0.2) is 26.1 Å². The number of hydrogen-bond acceptors (Lipinski definition) is 3. The number of aromatic carboxylic acids is 1. The second-order valence-electron chi connectivity index (χ2n) is 6.26. The molecule has 0 aliphatic carbocycles. The van der Waals surface area contributed by atoms with E-state index in [4.69, 9.17) is 0 Å². The first-order valence-electron chi connectivity index (χ1n) is 8.29. The number of nitrogens with zero attached hydrogens (tertiary/aromatic N) is 3. The third kappa shape index (κ3) is 2.91. The van der Waals surface area contributed by atoms with Gasteiger partial charge in [0, 0.05) is 7.05 Å². The Labute approximate surface area is 160 Å². The van der Waals surface area contributed by atoms with Crippen molar-refractivity contribution in [2.75, 3.05) is 0 Å². The van der Waals surface area contributed by atoms with Crippen LogP contribution < -0.4 is 0 Å². The van der Waals surface area contributed by atoms with Gasteiger partial charge in [0.2, 0.25) is 0 Å². The zero-order valence-electron chi connectivity index (χ0n) is 14.8. The number of carboxylic acids is 1. The predicted molar refractivity (Wildman–Crippen MR) is 96.2 cm³/mol. The normalized spacial score (nSPS) is 11.2. The molecule has 0 aliphatic rings. The second kappa shape index (κ2) is 6.69. The van der Waals surface area contributed by atoms with E-state index in [0.29, 0.717) is 0 Å². The SMILES string of the molecule is Cn1nc2cc(-c3c(F)c(F)c(-c4ccccc4)c(F)c3F)cc(C(=O)O)c2n1. The van der Waals surface area contributed by atoms with Crippen molar-refractivity contribution in [1.29, 1.82) is 0 Å². The molecular weight excluding hydrogens is 390 g/mol. The van der Waals surface area contributed by atoms with Gasteiger partial charge >= 0.3 is 5.97 Å². The number of rotatable bonds is 3. The standard InChI is InChI=1S/C20H11F4N3O2/c1-27-25-12-8-10(7-11(20(28)29)19(12)26-27)14-17(23)15(21)13(16(22)18(14)24)9-5-3-2-4-6-9/h2-8H,1H3,(H,28,29). The minimum absolute atomic E-state index is 0.00847. The summed E-state index contributed by atoms with van der Waals surface area (Å²) in [5.74, 6) is -7.87. The predicted octanol–water partition coefficient (Wildman–Crippen LogP) is 4.56.